The van der Waals surface area contributed by atoms with Gasteiger partial charge in [0.1, 0.15) is 17.6 Å². The number of nitrogens with one attached hydrogen (secondary N) is 1. The maximum absolute atomic E-state index is 13.8. The maximum atomic E-state index is 13.8. The van der Waals surface area contributed by atoms with E-state index in [1.807, 2.05) is 67.2 Å². The molecule has 7 nitrogen and oxygen atoms in total. The highest BCUT2D eigenvalue weighted by Crippen LogP contribution is 2.33. The van der Waals surface area contributed by atoms with Crippen molar-refractivity contribution in [3.05, 3.63) is 119 Å². The third-order valence-corrected chi connectivity index (χ3v) is 6.75. The van der Waals surface area contributed by atoms with E-state index in [9.17, 15) is 14.4 Å². The van der Waals surface area contributed by atoms with Gasteiger partial charge >= 0.3 is 0 Å². The summed E-state index contributed by atoms with van der Waals surface area (Å²) in [6, 6.07) is 21.1. The Bertz CT molecular complexity index is 2070. The fourth-order valence-electron chi connectivity index (χ4n) is 4.62. The molecule has 0 aliphatic heterocycles. The van der Waals surface area contributed by atoms with Gasteiger partial charge in [0.2, 0.25) is 0 Å². The minimum absolute atomic E-state index is 0.00394. The molecule has 0 saturated heterocycles. The lowest BCUT2D eigenvalue weighted by Gasteiger charge is -2.08. The monoisotopic (exact) mass is 524 g/mol. The maximum Gasteiger partial charge on any atom is 0.255 e. The molecule has 3 aromatic carbocycles. The van der Waals surface area contributed by atoms with Crippen LogP contribution < -0.4 is 5.32 Å². The number of fused-ring (bicyclic) bond motifs is 2. The van der Waals surface area contributed by atoms with Crippen LogP contribution in [0.1, 0.15) is 32.7 Å². The van der Waals surface area contributed by atoms with E-state index < -0.39 is 5.82 Å². The van der Waals surface area contributed by atoms with Crippen LogP contribution in [0, 0.1) is 35.9 Å². The topological polar surface area (TPSA) is 88.0 Å². The first-order chi connectivity index (χ1) is 19.4. The van der Waals surface area contributed by atoms with Crippen molar-refractivity contribution >= 4 is 28.1 Å². The van der Waals surface area contributed by atoms with Crippen molar-refractivity contribution in [2.45, 2.75) is 6.92 Å². The number of hydrogen-bond donors (Lipinski definition) is 1. The number of imidazole rings is 1. The summed E-state index contributed by atoms with van der Waals surface area (Å²) in [5.74, 6) is 5.45. The number of carbonyl (C=O) groups excluding carboxylic acids is 1. The molecule has 1 N–H and O–H groups in total. The standard InChI is InChI=1S/C32H21FN6O/c1-20-5-6-23(14-21(20)7-10-26-18-35-31-4-3-13-36-39(26)31)32(40)37-25-9-11-27-28(19-38(2)30(27)16-25)22-8-12-29(33)24(15-22)17-34/h3-6,8-9,11-16,18-19H,1-2H3,(H,37,40). The largest absolute Gasteiger partial charge is 0.350 e. The number of rotatable bonds is 3. The summed E-state index contributed by atoms with van der Waals surface area (Å²) in [5, 5.41) is 17.4. The second-order valence-corrected chi connectivity index (χ2v) is 9.36. The van der Waals surface area contributed by atoms with Crippen molar-refractivity contribution < 1.29 is 9.18 Å². The Morgan fingerprint density at radius 2 is 1.90 bits per heavy atom. The summed E-state index contributed by atoms with van der Waals surface area (Å²) in [5.41, 5.74) is 6.65. The lowest BCUT2D eigenvalue weighted by molar-refractivity contribution is 0.102. The second kappa shape index (κ2) is 9.86. The van der Waals surface area contributed by atoms with Gasteiger partial charge in [-0.1, -0.05) is 24.1 Å². The smallest absolute Gasteiger partial charge is 0.255 e. The second-order valence-electron chi connectivity index (χ2n) is 9.36. The number of hydrogen-bond acceptors (Lipinski definition) is 4. The molecule has 0 bridgehead atoms. The Balaban J connectivity index is 1.27. The lowest BCUT2D eigenvalue weighted by atomic mass is 10.0. The normalized spacial score (nSPS) is 10.8. The van der Waals surface area contributed by atoms with Crippen LogP contribution in [-0.4, -0.2) is 25.1 Å². The van der Waals surface area contributed by atoms with Crippen LogP contribution in [0.5, 0.6) is 0 Å². The van der Waals surface area contributed by atoms with E-state index in [4.69, 9.17) is 0 Å². The number of nitriles is 1. The molecule has 6 aromatic rings. The fraction of sp³-hybridized carbons (Fsp3) is 0.0625. The van der Waals surface area contributed by atoms with Crippen molar-refractivity contribution in [1.29, 1.82) is 5.26 Å². The van der Waals surface area contributed by atoms with Crippen LogP contribution >= 0.6 is 0 Å². The van der Waals surface area contributed by atoms with Gasteiger partial charge in [0.25, 0.3) is 5.91 Å². The molecule has 192 valence electrons. The van der Waals surface area contributed by atoms with Crippen molar-refractivity contribution in [2.24, 2.45) is 7.05 Å². The SMILES string of the molecule is Cc1ccc(C(=O)Nc2ccc3c(-c4ccc(F)c(C#N)c4)cn(C)c3c2)cc1C#Cc1cnc2cccnn12. The Morgan fingerprint density at radius 3 is 2.75 bits per heavy atom. The van der Waals surface area contributed by atoms with E-state index in [1.54, 1.807) is 41.2 Å². The minimum Gasteiger partial charge on any atom is -0.350 e. The van der Waals surface area contributed by atoms with Gasteiger partial charge in [-0.05, 0) is 72.5 Å². The fourth-order valence-corrected chi connectivity index (χ4v) is 4.62. The molecule has 0 aliphatic carbocycles. The van der Waals surface area contributed by atoms with Crippen LogP contribution in [0.15, 0.2) is 85.3 Å². The van der Waals surface area contributed by atoms with Gasteiger partial charge in [-0.15, -0.1) is 0 Å². The molecule has 0 spiro atoms. The zero-order valence-corrected chi connectivity index (χ0v) is 21.6. The Kier molecular flexibility index (Phi) is 6.06. The van der Waals surface area contributed by atoms with E-state index in [0.717, 1.165) is 33.2 Å². The number of aromatic nitrogens is 4. The molecule has 40 heavy (non-hydrogen) atoms. The highest BCUT2D eigenvalue weighted by Gasteiger charge is 2.14. The van der Waals surface area contributed by atoms with E-state index in [2.05, 4.69) is 27.2 Å². The first-order valence-electron chi connectivity index (χ1n) is 12.4. The Hall–Kier alpha value is -5.73. The molecule has 3 aromatic heterocycles. The molecule has 0 radical (unpaired) electrons. The first-order valence-corrected chi connectivity index (χ1v) is 12.4. The Morgan fingerprint density at radius 1 is 1.02 bits per heavy atom. The first kappa shape index (κ1) is 24.6. The van der Waals surface area contributed by atoms with Gasteiger partial charge in [0, 0.05) is 47.2 Å². The van der Waals surface area contributed by atoms with E-state index in [-0.39, 0.29) is 11.5 Å². The van der Waals surface area contributed by atoms with Gasteiger partial charge in [0.05, 0.1) is 17.3 Å². The van der Waals surface area contributed by atoms with E-state index in [0.29, 0.717) is 22.6 Å². The summed E-state index contributed by atoms with van der Waals surface area (Å²) in [4.78, 5) is 17.5. The Labute approximate surface area is 229 Å². The van der Waals surface area contributed by atoms with Crippen LogP contribution in [0.25, 0.3) is 27.7 Å². The molecule has 0 fully saturated rings. The molecule has 6 rings (SSSR count). The number of benzene rings is 3. The van der Waals surface area contributed by atoms with Crippen LogP contribution in [-0.2, 0) is 7.05 Å². The minimum atomic E-state index is -0.547. The molecule has 3 heterocycles. The molecule has 8 heteroatoms. The van der Waals surface area contributed by atoms with Crippen molar-refractivity contribution in [3.63, 3.8) is 0 Å². The molecule has 0 aliphatic rings. The summed E-state index contributed by atoms with van der Waals surface area (Å²) < 4.78 is 17.5. The number of anilines is 1. The van der Waals surface area contributed by atoms with E-state index in [1.165, 1.54) is 6.07 Å². The third kappa shape index (κ3) is 4.44. The van der Waals surface area contributed by atoms with Crippen LogP contribution in [0.3, 0.4) is 0 Å². The highest BCUT2D eigenvalue weighted by atomic mass is 19.1. The van der Waals surface area contributed by atoms with Crippen LogP contribution in [0.4, 0.5) is 10.1 Å². The third-order valence-electron chi connectivity index (χ3n) is 6.75. The molecular formula is C32H21FN6O. The number of aryl methyl sites for hydroxylation is 2. The lowest BCUT2D eigenvalue weighted by Crippen LogP contribution is -2.12. The zero-order valence-electron chi connectivity index (χ0n) is 21.6. The predicted molar refractivity (Wildman–Crippen MR) is 151 cm³/mol. The van der Waals surface area contributed by atoms with Crippen molar-refractivity contribution in [3.8, 4) is 29.0 Å². The number of nitrogens with zero attached hydrogens (tertiary/aromatic N) is 5. The molecule has 0 saturated carbocycles. The molecule has 1 amide bonds. The number of carbonyl (C=O) groups is 1. The average molecular weight is 525 g/mol. The molecule has 0 unspecified atom stereocenters. The number of halogens is 1. The van der Waals surface area contributed by atoms with Gasteiger partial charge in [0.15, 0.2) is 5.65 Å². The average Bonchev–Trinajstić information content (AvgIpc) is 3.53. The summed E-state index contributed by atoms with van der Waals surface area (Å²) >= 11 is 0. The summed E-state index contributed by atoms with van der Waals surface area (Å²) in [6.07, 6.45) is 5.27. The molecular weight excluding hydrogens is 503 g/mol. The number of amides is 1. The predicted octanol–water partition coefficient (Wildman–Crippen LogP) is 5.86. The summed E-state index contributed by atoms with van der Waals surface area (Å²) in [7, 11) is 1.90. The summed E-state index contributed by atoms with van der Waals surface area (Å²) in [6.45, 7) is 1.94. The highest BCUT2D eigenvalue weighted by molar-refractivity contribution is 6.06. The van der Waals surface area contributed by atoms with Gasteiger partial charge in [-0.25, -0.2) is 13.9 Å². The van der Waals surface area contributed by atoms with Gasteiger partial charge in [-0.2, -0.15) is 10.4 Å². The van der Waals surface area contributed by atoms with Gasteiger partial charge in [-0.3, -0.25) is 4.79 Å². The van der Waals surface area contributed by atoms with Crippen LogP contribution in [0.2, 0.25) is 0 Å². The van der Waals surface area contributed by atoms with Crippen molar-refractivity contribution in [1.82, 2.24) is 19.2 Å². The zero-order chi connectivity index (χ0) is 27.8. The van der Waals surface area contributed by atoms with E-state index >= 15 is 0 Å². The molecule has 0 atom stereocenters. The van der Waals surface area contributed by atoms with Crippen molar-refractivity contribution in [2.75, 3.05) is 5.32 Å². The van der Waals surface area contributed by atoms with Gasteiger partial charge < -0.3 is 9.88 Å². The quantitative estimate of drug-likeness (QED) is 0.294.